The van der Waals surface area contributed by atoms with E-state index < -0.39 is 0 Å². The highest BCUT2D eigenvalue weighted by molar-refractivity contribution is 5.85. The summed E-state index contributed by atoms with van der Waals surface area (Å²) in [6.07, 6.45) is 9.67. The standard InChI is InChI=1S/C27H33FN6O/c1-35-14-11-27(20-5-7-22(28)8-6-20)34-13-12-29-17-24(34)4-2-3-21-16-30-26-10-9-23(15-25(21)26)33-18-31-32-19-33/h5-10,15-16,18-19,24,27,29-30H,2-4,11-14,17H2,1H3. The first-order valence-electron chi connectivity index (χ1n) is 12.4. The molecule has 184 valence electrons. The van der Waals surface area contributed by atoms with Gasteiger partial charge in [0.1, 0.15) is 18.5 Å². The van der Waals surface area contributed by atoms with Gasteiger partial charge in [-0.05, 0) is 67.1 Å². The summed E-state index contributed by atoms with van der Waals surface area (Å²) in [5.74, 6) is -0.192. The maximum absolute atomic E-state index is 13.6. The normalized spacial score (nSPS) is 17.7. The van der Waals surface area contributed by atoms with Gasteiger partial charge in [0.05, 0.1) is 0 Å². The zero-order valence-corrected chi connectivity index (χ0v) is 20.2. The number of aromatic amines is 1. The predicted molar refractivity (Wildman–Crippen MR) is 135 cm³/mol. The second-order valence-corrected chi connectivity index (χ2v) is 9.25. The summed E-state index contributed by atoms with van der Waals surface area (Å²) in [5, 5.41) is 12.7. The van der Waals surface area contributed by atoms with Gasteiger partial charge in [-0.15, -0.1) is 10.2 Å². The molecular weight excluding hydrogens is 443 g/mol. The molecule has 8 heteroatoms. The number of hydrogen-bond acceptors (Lipinski definition) is 5. The fraction of sp³-hybridized carbons (Fsp3) is 0.407. The van der Waals surface area contributed by atoms with Crippen molar-refractivity contribution in [1.82, 2.24) is 30.0 Å². The Morgan fingerprint density at radius 2 is 1.97 bits per heavy atom. The lowest BCUT2D eigenvalue weighted by Crippen LogP contribution is -2.52. The largest absolute Gasteiger partial charge is 0.385 e. The van der Waals surface area contributed by atoms with E-state index in [9.17, 15) is 4.39 Å². The molecule has 7 nitrogen and oxygen atoms in total. The van der Waals surface area contributed by atoms with Gasteiger partial charge in [-0.25, -0.2) is 4.39 Å². The predicted octanol–water partition coefficient (Wildman–Crippen LogP) is 4.26. The van der Waals surface area contributed by atoms with Crippen LogP contribution in [-0.2, 0) is 11.2 Å². The summed E-state index contributed by atoms with van der Waals surface area (Å²) < 4.78 is 20.9. The number of hydrogen-bond donors (Lipinski definition) is 2. The van der Waals surface area contributed by atoms with Gasteiger partial charge >= 0.3 is 0 Å². The molecule has 0 saturated carbocycles. The molecule has 2 unspecified atom stereocenters. The summed E-state index contributed by atoms with van der Waals surface area (Å²) >= 11 is 0. The number of ether oxygens (including phenoxy) is 1. The molecule has 0 amide bonds. The second-order valence-electron chi connectivity index (χ2n) is 9.25. The van der Waals surface area contributed by atoms with Crippen molar-refractivity contribution in [2.75, 3.05) is 33.4 Å². The van der Waals surface area contributed by atoms with Crippen LogP contribution in [0.1, 0.15) is 36.4 Å². The number of H-pyrrole nitrogens is 1. The number of aromatic nitrogens is 4. The summed E-state index contributed by atoms with van der Waals surface area (Å²) in [7, 11) is 1.74. The molecule has 0 radical (unpaired) electrons. The van der Waals surface area contributed by atoms with E-state index >= 15 is 0 Å². The van der Waals surface area contributed by atoms with Crippen LogP contribution in [0.2, 0.25) is 0 Å². The number of halogens is 1. The van der Waals surface area contributed by atoms with E-state index in [0.717, 1.165) is 62.1 Å². The van der Waals surface area contributed by atoms with E-state index in [2.05, 4.69) is 49.8 Å². The molecule has 2 aromatic carbocycles. The molecule has 4 aromatic rings. The van der Waals surface area contributed by atoms with Crippen molar-refractivity contribution >= 4 is 10.9 Å². The molecule has 5 rings (SSSR count). The van der Waals surface area contributed by atoms with E-state index in [1.54, 1.807) is 31.9 Å². The van der Waals surface area contributed by atoms with Crippen LogP contribution in [0.3, 0.4) is 0 Å². The minimum Gasteiger partial charge on any atom is -0.385 e. The molecule has 0 aliphatic carbocycles. The molecule has 2 aromatic heterocycles. The Balaban J connectivity index is 1.28. The Morgan fingerprint density at radius 3 is 2.77 bits per heavy atom. The van der Waals surface area contributed by atoms with E-state index in [0.29, 0.717) is 12.6 Å². The molecule has 0 bridgehead atoms. The molecule has 1 aliphatic rings. The van der Waals surface area contributed by atoms with Crippen LogP contribution in [-0.4, -0.2) is 64.0 Å². The highest BCUT2D eigenvalue weighted by Crippen LogP contribution is 2.30. The number of nitrogens with zero attached hydrogens (tertiary/aromatic N) is 4. The van der Waals surface area contributed by atoms with Gasteiger partial charge in [-0.3, -0.25) is 9.47 Å². The zero-order chi connectivity index (χ0) is 24.0. The molecule has 35 heavy (non-hydrogen) atoms. The van der Waals surface area contributed by atoms with Crippen molar-refractivity contribution in [3.8, 4) is 5.69 Å². The van der Waals surface area contributed by atoms with Crippen LogP contribution in [0.4, 0.5) is 4.39 Å². The van der Waals surface area contributed by atoms with E-state index in [-0.39, 0.29) is 11.9 Å². The number of fused-ring (bicyclic) bond motifs is 1. The van der Waals surface area contributed by atoms with E-state index in [1.165, 1.54) is 10.9 Å². The lowest BCUT2D eigenvalue weighted by molar-refractivity contribution is 0.0724. The number of aryl methyl sites for hydroxylation is 1. The molecule has 3 heterocycles. The van der Waals surface area contributed by atoms with Crippen molar-refractivity contribution in [3.05, 3.63) is 78.3 Å². The summed E-state index contributed by atoms with van der Waals surface area (Å²) in [4.78, 5) is 6.02. The average molecular weight is 477 g/mol. The van der Waals surface area contributed by atoms with Gasteiger partial charge in [-0.1, -0.05) is 12.1 Å². The molecule has 2 N–H and O–H groups in total. The van der Waals surface area contributed by atoms with Crippen LogP contribution in [0.5, 0.6) is 0 Å². The smallest absolute Gasteiger partial charge is 0.123 e. The first kappa shape index (κ1) is 23.7. The van der Waals surface area contributed by atoms with Crippen molar-refractivity contribution in [2.24, 2.45) is 0 Å². The molecule has 1 fully saturated rings. The van der Waals surface area contributed by atoms with Crippen molar-refractivity contribution in [1.29, 1.82) is 0 Å². The topological polar surface area (TPSA) is 71.0 Å². The quantitative estimate of drug-likeness (QED) is 0.358. The van der Waals surface area contributed by atoms with E-state index in [1.807, 2.05) is 16.7 Å². The van der Waals surface area contributed by atoms with Crippen LogP contribution in [0, 0.1) is 5.82 Å². The lowest BCUT2D eigenvalue weighted by Gasteiger charge is -2.42. The Bertz CT molecular complexity index is 1210. The molecule has 0 spiro atoms. The molecular formula is C27H33FN6O. The fourth-order valence-electron chi connectivity index (χ4n) is 5.29. The Morgan fingerprint density at radius 1 is 1.14 bits per heavy atom. The minimum absolute atomic E-state index is 0.192. The van der Waals surface area contributed by atoms with Crippen LogP contribution in [0.15, 0.2) is 61.3 Å². The highest BCUT2D eigenvalue weighted by atomic mass is 19.1. The average Bonchev–Trinajstić information content (AvgIpc) is 3.56. The maximum atomic E-state index is 13.6. The minimum atomic E-state index is -0.192. The second kappa shape index (κ2) is 11.1. The summed E-state index contributed by atoms with van der Waals surface area (Å²) in [6.45, 7) is 3.60. The van der Waals surface area contributed by atoms with Crippen LogP contribution in [0.25, 0.3) is 16.6 Å². The summed E-state index contributed by atoms with van der Waals surface area (Å²) in [5.41, 5.74) is 4.70. The third kappa shape index (κ3) is 5.45. The molecule has 2 atom stereocenters. The first-order chi connectivity index (χ1) is 17.2. The Kier molecular flexibility index (Phi) is 7.51. The number of nitrogens with one attached hydrogen (secondary N) is 2. The zero-order valence-electron chi connectivity index (χ0n) is 20.2. The third-order valence-corrected chi connectivity index (χ3v) is 7.10. The van der Waals surface area contributed by atoms with Gasteiger partial charge in [-0.2, -0.15) is 0 Å². The Labute approximate surface area is 205 Å². The fourth-order valence-corrected chi connectivity index (χ4v) is 5.29. The number of rotatable bonds is 10. The SMILES string of the molecule is COCCC(c1ccc(F)cc1)N1CCNCC1CCCc1c[nH]c2ccc(-n3cnnc3)cc12. The van der Waals surface area contributed by atoms with Crippen molar-refractivity contribution in [3.63, 3.8) is 0 Å². The van der Waals surface area contributed by atoms with Crippen molar-refractivity contribution < 1.29 is 9.13 Å². The van der Waals surface area contributed by atoms with Crippen LogP contribution < -0.4 is 5.32 Å². The maximum Gasteiger partial charge on any atom is 0.123 e. The van der Waals surface area contributed by atoms with Crippen molar-refractivity contribution in [2.45, 2.75) is 37.8 Å². The summed E-state index contributed by atoms with van der Waals surface area (Å²) in [6, 6.07) is 14.0. The highest BCUT2D eigenvalue weighted by Gasteiger charge is 2.29. The van der Waals surface area contributed by atoms with Gasteiger partial charge < -0.3 is 15.0 Å². The van der Waals surface area contributed by atoms with Gasteiger partial charge in [0.25, 0.3) is 0 Å². The third-order valence-electron chi connectivity index (χ3n) is 7.10. The Hall–Kier alpha value is -3.07. The number of benzene rings is 2. The first-order valence-corrected chi connectivity index (χ1v) is 12.4. The van der Waals surface area contributed by atoms with Gasteiger partial charge in [0, 0.05) is 68.2 Å². The van der Waals surface area contributed by atoms with Gasteiger partial charge in [0.15, 0.2) is 0 Å². The van der Waals surface area contributed by atoms with Gasteiger partial charge in [0.2, 0.25) is 0 Å². The van der Waals surface area contributed by atoms with E-state index in [4.69, 9.17) is 4.74 Å². The number of methoxy groups -OCH3 is 1. The molecule has 1 aliphatic heterocycles. The monoisotopic (exact) mass is 476 g/mol. The van der Waals surface area contributed by atoms with Crippen LogP contribution >= 0.6 is 0 Å². The molecule has 1 saturated heterocycles. The number of piperazine rings is 1. The lowest BCUT2D eigenvalue weighted by atomic mass is 9.96.